The number of alkyl halides is 3. The van der Waals surface area contributed by atoms with Crippen LogP contribution in [0.4, 0.5) is 19.0 Å². The van der Waals surface area contributed by atoms with E-state index in [0.717, 1.165) is 74.6 Å². The van der Waals surface area contributed by atoms with Crippen molar-refractivity contribution < 1.29 is 13.2 Å². The lowest BCUT2D eigenvalue weighted by molar-refractivity contribution is -0.137. The summed E-state index contributed by atoms with van der Waals surface area (Å²) in [5.41, 5.74) is 1.69. The molecule has 2 aromatic rings. The van der Waals surface area contributed by atoms with E-state index in [1.807, 2.05) is 0 Å². The fraction of sp³-hybridized carbons (Fsp3) is 0.526. The molecule has 3 heterocycles. The van der Waals surface area contributed by atoms with Crippen molar-refractivity contribution in [3.8, 4) is 5.69 Å². The van der Waals surface area contributed by atoms with Gasteiger partial charge in [0.2, 0.25) is 0 Å². The Labute approximate surface area is 161 Å². The number of benzene rings is 1. The Hall–Kier alpha value is -1.73. The van der Waals surface area contributed by atoms with E-state index >= 15 is 0 Å². The van der Waals surface area contributed by atoms with Gasteiger partial charge in [-0.25, -0.2) is 4.68 Å². The zero-order chi connectivity index (χ0) is 19.2. The molecule has 8 heteroatoms. The maximum absolute atomic E-state index is 13.2. The number of hydrogen-bond acceptors (Lipinski definition) is 3. The standard InChI is InChI=1S/C19H22ClF3N4/c1-2-26-9-6-12(7-10-26)17-14-5-8-24-18(14)27(25-17)16-11-13(19(21,22)23)3-4-15(16)20/h3-4,11-12,24H,2,5-10H2,1H3. The van der Waals surface area contributed by atoms with Crippen molar-refractivity contribution in [3.05, 3.63) is 40.0 Å². The molecule has 1 fully saturated rings. The van der Waals surface area contributed by atoms with Crippen molar-refractivity contribution in [2.75, 3.05) is 31.5 Å². The van der Waals surface area contributed by atoms with E-state index in [4.69, 9.17) is 16.7 Å². The molecule has 4 rings (SSSR count). The van der Waals surface area contributed by atoms with Crippen LogP contribution in [0.1, 0.15) is 42.5 Å². The second kappa shape index (κ2) is 7.02. The zero-order valence-corrected chi connectivity index (χ0v) is 15.9. The molecule has 1 aromatic carbocycles. The summed E-state index contributed by atoms with van der Waals surface area (Å²) >= 11 is 6.25. The molecule has 0 amide bonds. The van der Waals surface area contributed by atoms with Gasteiger partial charge in [-0.05, 0) is 57.1 Å². The van der Waals surface area contributed by atoms with Crippen LogP contribution >= 0.6 is 11.6 Å². The van der Waals surface area contributed by atoms with E-state index in [1.54, 1.807) is 4.68 Å². The first-order chi connectivity index (χ1) is 12.9. The van der Waals surface area contributed by atoms with E-state index in [9.17, 15) is 13.2 Å². The molecule has 0 spiro atoms. The SMILES string of the molecule is CCN1CCC(c2nn(-c3cc(C(F)(F)F)ccc3Cl)c3c2CCN3)CC1. The Kier molecular flexibility index (Phi) is 4.84. The van der Waals surface area contributed by atoms with Gasteiger partial charge in [0.15, 0.2) is 0 Å². The van der Waals surface area contributed by atoms with Crippen molar-refractivity contribution in [3.63, 3.8) is 0 Å². The van der Waals surface area contributed by atoms with Gasteiger partial charge >= 0.3 is 6.18 Å². The highest BCUT2D eigenvalue weighted by Crippen LogP contribution is 2.39. The summed E-state index contributed by atoms with van der Waals surface area (Å²) in [7, 11) is 0. The highest BCUT2D eigenvalue weighted by atomic mass is 35.5. The molecule has 0 unspecified atom stereocenters. The van der Waals surface area contributed by atoms with E-state index in [1.165, 1.54) is 6.07 Å². The van der Waals surface area contributed by atoms with Gasteiger partial charge in [-0.3, -0.25) is 0 Å². The van der Waals surface area contributed by atoms with Crippen LogP contribution in [-0.4, -0.2) is 40.9 Å². The zero-order valence-electron chi connectivity index (χ0n) is 15.1. The van der Waals surface area contributed by atoms with E-state index in [0.29, 0.717) is 5.92 Å². The minimum Gasteiger partial charge on any atom is -0.369 e. The first-order valence-electron chi connectivity index (χ1n) is 9.33. The van der Waals surface area contributed by atoms with Crippen LogP contribution in [-0.2, 0) is 12.6 Å². The molecule has 1 N–H and O–H groups in total. The Bertz CT molecular complexity index is 838. The summed E-state index contributed by atoms with van der Waals surface area (Å²) in [6.45, 7) is 6.03. The third-order valence-corrected chi connectivity index (χ3v) is 5.92. The van der Waals surface area contributed by atoms with Crippen LogP contribution in [0.2, 0.25) is 5.02 Å². The summed E-state index contributed by atoms with van der Waals surface area (Å²) in [6, 6.07) is 3.38. The minimum atomic E-state index is -4.42. The molecule has 2 aliphatic rings. The molecule has 0 atom stereocenters. The monoisotopic (exact) mass is 398 g/mol. The molecule has 0 aliphatic carbocycles. The van der Waals surface area contributed by atoms with Gasteiger partial charge in [-0.1, -0.05) is 18.5 Å². The number of rotatable bonds is 3. The summed E-state index contributed by atoms with van der Waals surface area (Å²) in [4.78, 5) is 2.41. The number of hydrogen-bond donors (Lipinski definition) is 1. The van der Waals surface area contributed by atoms with Crippen molar-refractivity contribution in [1.29, 1.82) is 0 Å². The van der Waals surface area contributed by atoms with Gasteiger partial charge in [0, 0.05) is 18.0 Å². The fourth-order valence-electron chi connectivity index (χ4n) is 4.08. The van der Waals surface area contributed by atoms with Gasteiger partial charge in [-0.2, -0.15) is 18.3 Å². The van der Waals surface area contributed by atoms with Gasteiger partial charge in [0.25, 0.3) is 0 Å². The van der Waals surface area contributed by atoms with Gasteiger partial charge in [0.1, 0.15) is 5.82 Å². The Morgan fingerprint density at radius 3 is 2.67 bits per heavy atom. The van der Waals surface area contributed by atoms with E-state index in [-0.39, 0.29) is 10.7 Å². The second-order valence-corrected chi connectivity index (χ2v) is 7.58. The minimum absolute atomic E-state index is 0.259. The van der Waals surface area contributed by atoms with Crippen molar-refractivity contribution >= 4 is 17.4 Å². The van der Waals surface area contributed by atoms with E-state index in [2.05, 4.69) is 17.1 Å². The van der Waals surface area contributed by atoms with Crippen LogP contribution in [0, 0.1) is 0 Å². The number of nitrogens with zero attached hydrogens (tertiary/aromatic N) is 3. The number of fused-ring (bicyclic) bond motifs is 1. The molecule has 0 bridgehead atoms. The molecular weight excluding hydrogens is 377 g/mol. The van der Waals surface area contributed by atoms with Crippen LogP contribution in [0.25, 0.3) is 5.69 Å². The highest BCUT2D eigenvalue weighted by molar-refractivity contribution is 6.32. The van der Waals surface area contributed by atoms with Crippen LogP contribution in [0.5, 0.6) is 0 Å². The number of piperidine rings is 1. The predicted octanol–water partition coefficient (Wildman–Crippen LogP) is 4.71. The quantitative estimate of drug-likeness (QED) is 0.812. The molecule has 0 saturated carbocycles. The van der Waals surface area contributed by atoms with Gasteiger partial charge in [0.05, 0.1) is 22.0 Å². The van der Waals surface area contributed by atoms with Crippen LogP contribution in [0.3, 0.4) is 0 Å². The van der Waals surface area contributed by atoms with Gasteiger partial charge < -0.3 is 10.2 Å². The predicted molar refractivity (Wildman–Crippen MR) is 99.9 cm³/mol. The molecule has 27 heavy (non-hydrogen) atoms. The Morgan fingerprint density at radius 1 is 1.26 bits per heavy atom. The summed E-state index contributed by atoms with van der Waals surface area (Å²) in [6.07, 6.45) is -1.53. The number of nitrogens with one attached hydrogen (secondary N) is 1. The first-order valence-corrected chi connectivity index (χ1v) is 9.71. The molecule has 2 aliphatic heterocycles. The molecular formula is C19H22ClF3N4. The smallest absolute Gasteiger partial charge is 0.369 e. The second-order valence-electron chi connectivity index (χ2n) is 7.17. The molecule has 146 valence electrons. The maximum atomic E-state index is 13.2. The first kappa shape index (κ1) is 18.6. The third kappa shape index (κ3) is 3.43. The van der Waals surface area contributed by atoms with E-state index < -0.39 is 11.7 Å². The third-order valence-electron chi connectivity index (χ3n) is 5.61. The summed E-state index contributed by atoms with van der Waals surface area (Å²) in [5.74, 6) is 1.12. The Morgan fingerprint density at radius 2 is 2.00 bits per heavy atom. The average molecular weight is 399 g/mol. The Balaban J connectivity index is 1.73. The highest BCUT2D eigenvalue weighted by Gasteiger charge is 2.33. The number of aromatic nitrogens is 2. The topological polar surface area (TPSA) is 33.1 Å². The lowest BCUT2D eigenvalue weighted by Gasteiger charge is -2.30. The maximum Gasteiger partial charge on any atom is 0.416 e. The molecule has 4 nitrogen and oxygen atoms in total. The molecule has 0 radical (unpaired) electrons. The number of likely N-dealkylation sites (tertiary alicyclic amines) is 1. The molecule has 1 aromatic heterocycles. The normalized spacial score (nSPS) is 18.6. The number of halogens is 4. The van der Waals surface area contributed by atoms with Crippen LogP contribution in [0.15, 0.2) is 18.2 Å². The van der Waals surface area contributed by atoms with Crippen molar-refractivity contribution in [2.45, 2.75) is 38.3 Å². The lowest BCUT2D eigenvalue weighted by atomic mass is 9.91. The van der Waals surface area contributed by atoms with Crippen LogP contribution < -0.4 is 5.32 Å². The van der Waals surface area contributed by atoms with Crippen molar-refractivity contribution in [1.82, 2.24) is 14.7 Å². The van der Waals surface area contributed by atoms with Gasteiger partial charge in [-0.15, -0.1) is 0 Å². The summed E-state index contributed by atoms with van der Waals surface area (Å²) in [5, 5.41) is 8.29. The fourth-order valence-corrected chi connectivity index (χ4v) is 4.28. The van der Waals surface area contributed by atoms with Crippen molar-refractivity contribution in [2.24, 2.45) is 0 Å². The molecule has 1 saturated heterocycles. The summed E-state index contributed by atoms with van der Waals surface area (Å²) < 4.78 is 41.1. The number of anilines is 1. The lowest BCUT2D eigenvalue weighted by Crippen LogP contribution is -2.33. The largest absolute Gasteiger partial charge is 0.416 e. The average Bonchev–Trinajstić information content (AvgIpc) is 3.24.